The number of hydrogen-bond acceptors (Lipinski definition) is 5. The van der Waals surface area contributed by atoms with Crippen LogP contribution in [-0.2, 0) is 15.0 Å². The summed E-state index contributed by atoms with van der Waals surface area (Å²) in [4.78, 5) is 13.3. The van der Waals surface area contributed by atoms with E-state index in [2.05, 4.69) is 22.4 Å². The fourth-order valence-electron chi connectivity index (χ4n) is 4.02. The fraction of sp³-hybridized carbons (Fsp3) is 0.778. The Bertz CT molecular complexity index is 531. The van der Waals surface area contributed by atoms with Crippen molar-refractivity contribution >= 4 is 0 Å². The van der Waals surface area contributed by atoms with Crippen LogP contribution in [0.15, 0.2) is 12.4 Å². The number of nitrogens with zero attached hydrogens (tertiary/aromatic N) is 2. The van der Waals surface area contributed by atoms with Crippen LogP contribution in [0.5, 0.6) is 0 Å². The van der Waals surface area contributed by atoms with E-state index in [1.807, 2.05) is 0 Å². The van der Waals surface area contributed by atoms with E-state index in [9.17, 15) is 4.39 Å². The first-order chi connectivity index (χ1) is 11.6. The second kappa shape index (κ2) is 8.98. The van der Waals surface area contributed by atoms with Crippen LogP contribution in [0.3, 0.4) is 0 Å². The van der Waals surface area contributed by atoms with Gasteiger partial charge in [0.25, 0.3) is 0 Å². The Kier molecular flexibility index (Phi) is 7.25. The highest BCUT2D eigenvalue weighted by Crippen LogP contribution is 2.61. The lowest BCUT2D eigenvalue weighted by Gasteiger charge is -2.27. The minimum atomic E-state index is -0.362. The zero-order chi connectivity index (χ0) is 17.0. The molecule has 0 saturated heterocycles. The lowest BCUT2D eigenvalue weighted by atomic mass is 9.86. The minimum absolute atomic E-state index is 0. The summed E-state index contributed by atoms with van der Waals surface area (Å²) in [5.41, 5.74) is 3.05. The van der Waals surface area contributed by atoms with Crippen LogP contribution >= 0.6 is 0 Å². The van der Waals surface area contributed by atoms with E-state index in [-0.39, 0.29) is 16.7 Å². The Balaban J connectivity index is 0.00000225. The molecule has 25 heavy (non-hydrogen) atoms. The monoisotopic (exact) mass is 355 g/mol. The molecule has 2 aliphatic rings. The summed E-state index contributed by atoms with van der Waals surface area (Å²) >= 11 is 0. The highest BCUT2D eigenvalue weighted by atomic mass is 19.1. The lowest BCUT2D eigenvalue weighted by molar-refractivity contribution is 0.0187. The molecular formula is C18H30FN3O3. The van der Waals surface area contributed by atoms with Gasteiger partial charge in [0, 0.05) is 18.1 Å². The Morgan fingerprint density at radius 1 is 1.36 bits per heavy atom. The summed E-state index contributed by atoms with van der Waals surface area (Å²) in [5, 5.41) is 0. The maximum absolute atomic E-state index is 13.0. The molecule has 0 aliphatic heterocycles. The smallest absolute Gasteiger partial charge is 0.159 e. The van der Waals surface area contributed by atoms with Crippen LogP contribution in [0.2, 0.25) is 0 Å². The maximum atomic E-state index is 13.0. The van der Waals surface area contributed by atoms with Crippen LogP contribution in [0, 0.1) is 11.7 Å². The number of unbranched alkanes of at least 4 members (excludes halogenated alkanes) is 1. The number of halogens is 1. The number of fused-ring (bicyclic) bond motifs is 1. The topological polar surface area (TPSA) is 87.8 Å². The largest absolute Gasteiger partial charge is 0.412 e. The molecule has 7 heteroatoms. The molecule has 0 spiro atoms. The molecule has 1 aromatic rings. The second-order valence-electron chi connectivity index (χ2n) is 7.27. The fourth-order valence-corrected chi connectivity index (χ4v) is 4.02. The van der Waals surface area contributed by atoms with Gasteiger partial charge in [-0.1, -0.05) is 0 Å². The van der Waals surface area contributed by atoms with E-state index in [4.69, 9.17) is 9.57 Å². The molecule has 3 rings (SSSR count). The van der Waals surface area contributed by atoms with Crippen molar-refractivity contribution in [3.05, 3.63) is 24.0 Å². The third kappa shape index (κ3) is 4.94. The molecule has 2 fully saturated rings. The van der Waals surface area contributed by atoms with Gasteiger partial charge in [-0.2, -0.15) is 0 Å². The first-order valence-electron chi connectivity index (χ1n) is 9.02. The van der Waals surface area contributed by atoms with Crippen molar-refractivity contribution in [2.45, 2.75) is 69.4 Å². The Labute approximate surface area is 148 Å². The second-order valence-corrected chi connectivity index (χ2v) is 7.27. The standard InChI is InChI=1S/C18H28FN3O2.H2O/c1-13(22-23-2)5-3-4-8-24-16-6-7-18(10-14(18)9-16)17-20-11-15(19)12-21-17;/h11-14,16,22H,3-10H2,1-2H3;1H2/t13-,14?,16?,18?;/m1./s1. The summed E-state index contributed by atoms with van der Waals surface area (Å²) in [6, 6.07) is 0.382. The SMILES string of the molecule is CON[C@H](C)CCCCOC1CCC2(c3ncc(F)cn3)CC2C1.O. The molecule has 0 amide bonds. The van der Waals surface area contributed by atoms with Gasteiger partial charge >= 0.3 is 0 Å². The number of nitrogens with one attached hydrogen (secondary N) is 1. The van der Waals surface area contributed by atoms with Crippen molar-refractivity contribution in [2.75, 3.05) is 13.7 Å². The molecule has 2 aliphatic carbocycles. The Morgan fingerprint density at radius 3 is 2.80 bits per heavy atom. The average Bonchev–Trinajstić information content (AvgIpc) is 3.30. The molecule has 1 aromatic heterocycles. The average molecular weight is 355 g/mol. The molecule has 1 heterocycles. The van der Waals surface area contributed by atoms with Crippen LogP contribution in [-0.4, -0.2) is 41.3 Å². The van der Waals surface area contributed by atoms with Gasteiger partial charge in [0.1, 0.15) is 5.82 Å². The van der Waals surface area contributed by atoms with E-state index < -0.39 is 0 Å². The highest BCUT2D eigenvalue weighted by molar-refractivity contribution is 5.24. The summed E-state index contributed by atoms with van der Waals surface area (Å²) in [6.07, 6.45) is 10.6. The molecule has 0 aromatic carbocycles. The van der Waals surface area contributed by atoms with Gasteiger partial charge < -0.3 is 15.1 Å². The van der Waals surface area contributed by atoms with Crippen molar-refractivity contribution in [2.24, 2.45) is 5.92 Å². The Morgan fingerprint density at radius 2 is 2.12 bits per heavy atom. The molecular weight excluding hydrogens is 325 g/mol. The Hall–Kier alpha value is -1.15. The molecule has 3 unspecified atom stereocenters. The first-order valence-corrected chi connectivity index (χ1v) is 9.02. The molecule has 0 bridgehead atoms. The van der Waals surface area contributed by atoms with Crippen molar-refractivity contribution in [3.63, 3.8) is 0 Å². The van der Waals surface area contributed by atoms with Gasteiger partial charge in [-0.3, -0.25) is 0 Å². The lowest BCUT2D eigenvalue weighted by Crippen LogP contribution is -2.27. The third-order valence-corrected chi connectivity index (χ3v) is 5.46. The van der Waals surface area contributed by atoms with Crippen molar-refractivity contribution in [1.29, 1.82) is 0 Å². The summed E-state index contributed by atoms with van der Waals surface area (Å²) in [6.45, 7) is 2.95. The van der Waals surface area contributed by atoms with Gasteiger partial charge in [0.15, 0.2) is 5.82 Å². The van der Waals surface area contributed by atoms with Gasteiger partial charge in [-0.05, 0) is 57.8 Å². The highest BCUT2D eigenvalue weighted by Gasteiger charge is 2.59. The zero-order valence-electron chi connectivity index (χ0n) is 15.1. The molecule has 2 saturated carbocycles. The van der Waals surface area contributed by atoms with Gasteiger partial charge in [0.2, 0.25) is 0 Å². The number of hydrogen-bond donors (Lipinski definition) is 1. The number of ether oxygens (including phenoxy) is 1. The summed E-state index contributed by atoms with van der Waals surface area (Å²) in [7, 11) is 1.65. The number of hydroxylamine groups is 1. The van der Waals surface area contributed by atoms with Crippen LogP contribution < -0.4 is 5.48 Å². The zero-order valence-corrected chi connectivity index (χ0v) is 15.1. The normalized spacial score (nSPS) is 28.8. The number of rotatable bonds is 9. The van der Waals surface area contributed by atoms with Crippen molar-refractivity contribution in [1.82, 2.24) is 15.4 Å². The van der Waals surface area contributed by atoms with E-state index >= 15 is 0 Å². The van der Waals surface area contributed by atoms with Crippen LogP contribution in [0.1, 0.15) is 57.7 Å². The van der Waals surface area contributed by atoms with E-state index in [0.717, 1.165) is 57.4 Å². The summed E-state index contributed by atoms with van der Waals surface area (Å²) < 4.78 is 19.1. The van der Waals surface area contributed by atoms with E-state index in [0.29, 0.717) is 18.1 Å². The minimum Gasteiger partial charge on any atom is -0.412 e. The van der Waals surface area contributed by atoms with Crippen LogP contribution in [0.4, 0.5) is 4.39 Å². The number of aromatic nitrogens is 2. The predicted molar refractivity (Wildman–Crippen MR) is 92.4 cm³/mol. The quantitative estimate of drug-likeness (QED) is 0.542. The molecule has 4 atom stereocenters. The predicted octanol–water partition coefficient (Wildman–Crippen LogP) is 2.33. The van der Waals surface area contributed by atoms with Gasteiger partial charge in [-0.15, -0.1) is 0 Å². The van der Waals surface area contributed by atoms with Crippen LogP contribution in [0.25, 0.3) is 0 Å². The molecule has 6 nitrogen and oxygen atoms in total. The van der Waals surface area contributed by atoms with Gasteiger partial charge in [0.05, 0.1) is 25.6 Å². The molecule has 3 N–H and O–H groups in total. The van der Waals surface area contributed by atoms with E-state index in [1.54, 1.807) is 7.11 Å². The molecule has 142 valence electrons. The van der Waals surface area contributed by atoms with Gasteiger partial charge in [-0.25, -0.2) is 19.8 Å². The maximum Gasteiger partial charge on any atom is 0.159 e. The molecule has 0 radical (unpaired) electrons. The van der Waals surface area contributed by atoms with E-state index in [1.165, 1.54) is 12.4 Å². The van der Waals surface area contributed by atoms with Crippen molar-refractivity contribution < 1.29 is 19.4 Å². The summed E-state index contributed by atoms with van der Waals surface area (Å²) in [5.74, 6) is 1.07. The van der Waals surface area contributed by atoms with Crippen molar-refractivity contribution in [3.8, 4) is 0 Å². The first kappa shape index (κ1) is 20.2. The third-order valence-electron chi connectivity index (χ3n) is 5.46.